The Morgan fingerprint density at radius 1 is 0.969 bits per heavy atom. The predicted octanol–water partition coefficient (Wildman–Crippen LogP) is 8.65. The van der Waals surface area contributed by atoms with Gasteiger partial charge >= 0.3 is 0 Å². The Bertz CT molecular complexity index is 790. The molecule has 4 aliphatic rings. The molecular formula is C31H50O. The largest absolute Gasteiger partial charge is 0.389 e. The minimum Gasteiger partial charge on any atom is -0.389 e. The first-order valence-electron chi connectivity index (χ1n) is 13.8. The van der Waals surface area contributed by atoms with Crippen molar-refractivity contribution < 1.29 is 5.11 Å². The molecule has 1 nitrogen and oxygen atoms in total. The fourth-order valence-corrected chi connectivity index (χ4v) is 9.84. The summed E-state index contributed by atoms with van der Waals surface area (Å²) >= 11 is 0. The van der Waals surface area contributed by atoms with Crippen LogP contribution in [0.4, 0.5) is 0 Å². The molecule has 0 aromatic rings. The summed E-state index contributed by atoms with van der Waals surface area (Å²) in [4.78, 5) is 0. The van der Waals surface area contributed by atoms with Gasteiger partial charge in [-0.3, -0.25) is 0 Å². The van der Waals surface area contributed by atoms with Crippen molar-refractivity contribution >= 4 is 0 Å². The molecule has 4 aliphatic carbocycles. The maximum absolute atomic E-state index is 11.8. The van der Waals surface area contributed by atoms with Gasteiger partial charge in [0.1, 0.15) is 0 Å². The normalized spacial score (nSPS) is 48.9. The van der Waals surface area contributed by atoms with E-state index in [2.05, 4.69) is 66.3 Å². The van der Waals surface area contributed by atoms with Crippen LogP contribution in [0.3, 0.4) is 0 Å². The van der Waals surface area contributed by atoms with Crippen LogP contribution in [-0.2, 0) is 0 Å². The van der Waals surface area contributed by atoms with Gasteiger partial charge in [0.2, 0.25) is 0 Å². The van der Waals surface area contributed by atoms with Gasteiger partial charge in [-0.25, -0.2) is 0 Å². The molecule has 0 bridgehead atoms. The van der Waals surface area contributed by atoms with Crippen molar-refractivity contribution in [1.29, 1.82) is 0 Å². The molecule has 4 rings (SSSR count). The lowest BCUT2D eigenvalue weighted by Gasteiger charge is -2.66. The average Bonchev–Trinajstić information content (AvgIpc) is 2.95. The summed E-state index contributed by atoms with van der Waals surface area (Å²) < 4.78 is 0. The lowest BCUT2D eigenvalue weighted by Crippen LogP contribution is -2.63. The highest BCUT2D eigenvalue weighted by molar-refractivity contribution is 5.31. The number of aliphatic hydroxyl groups is 1. The molecule has 4 fully saturated rings. The number of hydrogen-bond donors (Lipinski definition) is 1. The lowest BCUT2D eigenvalue weighted by molar-refractivity contribution is -0.221. The van der Waals surface area contributed by atoms with Gasteiger partial charge in [0.25, 0.3) is 0 Å². The zero-order valence-electron chi connectivity index (χ0n) is 22.0. The van der Waals surface area contributed by atoms with Gasteiger partial charge in [-0.2, -0.15) is 0 Å². The molecule has 0 aromatic carbocycles. The summed E-state index contributed by atoms with van der Waals surface area (Å²) in [5.41, 5.74) is 3.29. The summed E-state index contributed by atoms with van der Waals surface area (Å²) in [6, 6.07) is 0. The van der Waals surface area contributed by atoms with E-state index in [1.165, 1.54) is 50.5 Å². The van der Waals surface area contributed by atoms with E-state index in [-0.39, 0.29) is 5.41 Å². The van der Waals surface area contributed by atoms with Gasteiger partial charge in [-0.1, -0.05) is 64.3 Å². The van der Waals surface area contributed by atoms with Crippen molar-refractivity contribution in [2.24, 2.45) is 39.9 Å². The molecule has 180 valence electrons. The van der Waals surface area contributed by atoms with E-state index in [0.29, 0.717) is 28.6 Å². The molecular weight excluding hydrogens is 388 g/mol. The standard InChI is InChI=1S/C31H50O/c1-8-10-13-23(9-2)27-24(20-22(3)4)21-30(7)26-15-19-31(32)17-12-11-16-28(31,5)25(26)14-18-29(27,30)6/h9-10,13,24-27,32H,3,8,11-12,14-21H2,1-2,4-7H3/b13-10-,23-9+. The minimum absolute atomic E-state index is 0.117. The van der Waals surface area contributed by atoms with Crippen LogP contribution in [0.15, 0.2) is 36.0 Å². The molecule has 0 spiro atoms. The third kappa shape index (κ3) is 3.35. The van der Waals surface area contributed by atoms with Gasteiger partial charge in [0.15, 0.2) is 0 Å². The van der Waals surface area contributed by atoms with E-state index in [4.69, 9.17) is 0 Å². The van der Waals surface area contributed by atoms with Crippen LogP contribution in [0.2, 0.25) is 0 Å². The Morgan fingerprint density at radius 2 is 1.62 bits per heavy atom. The van der Waals surface area contributed by atoms with E-state index < -0.39 is 5.60 Å². The Hall–Kier alpha value is -0.820. The second-order valence-corrected chi connectivity index (χ2v) is 13.0. The van der Waals surface area contributed by atoms with E-state index in [1.54, 1.807) is 5.57 Å². The molecule has 1 N–H and O–H groups in total. The third-order valence-electron chi connectivity index (χ3n) is 11.6. The van der Waals surface area contributed by atoms with E-state index in [9.17, 15) is 5.11 Å². The van der Waals surface area contributed by atoms with E-state index in [0.717, 1.165) is 31.6 Å². The van der Waals surface area contributed by atoms with Gasteiger partial charge in [0, 0.05) is 0 Å². The van der Waals surface area contributed by atoms with Gasteiger partial charge in [-0.15, -0.1) is 6.58 Å². The van der Waals surface area contributed by atoms with Crippen molar-refractivity contribution in [2.75, 3.05) is 0 Å². The monoisotopic (exact) mass is 438 g/mol. The predicted molar refractivity (Wildman–Crippen MR) is 137 cm³/mol. The fraction of sp³-hybridized carbons (Fsp3) is 0.806. The van der Waals surface area contributed by atoms with Crippen LogP contribution in [0.1, 0.15) is 112 Å². The molecule has 1 heteroatoms. The van der Waals surface area contributed by atoms with Crippen molar-refractivity contribution in [3.8, 4) is 0 Å². The number of allylic oxidation sites excluding steroid dienone is 5. The SMILES string of the molecule is C=C(C)CC1CC2(C)C3CCC4(O)CCCCC4(C)C3CCC2(C)C1C(/C=C\CC)=C/C. The van der Waals surface area contributed by atoms with Crippen LogP contribution in [0.5, 0.6) is 0 Å². The van der Waals surface area contributed by atoms with Crippen molar-refractivity contribution in [1.82, 2.24) is 0 Å². The first kappa shape index (κ1) is 24.3. The van der Waals surface area contributed by atoms with Gasteiger partial charge in [0.05, 0.1) is 5.60 Å². The number of rotatable bonds is 5. The van der Waals surface area contributed by atoms with Crippen LogP contribution in [0.25, 0.3) is 0 Å². The topological polar surface area (TPSA) is 20.2 Å². The summed E-state index contributed by atoms with van der Waals surface area (Å²) in [6.45, 7) is 18.9. The van der Waals surface area contributed by atoms with Crippen LogP contribution in [0, 0.1) is 39.9 Å². The molecule has 0 amide bonds. The summed E-state index contributed by atoms with van der Waals surface area (Å²) in [7, 11) is 0. The summed E-state index contributed by atoms with van der Waals surface area (Å²) in [5, 5.41) is 11.8. The molecule has 32 heavy (non-hydrogen) atoms. The highest BCUT2D eigenvalue weighted by atomic mass is 16.3. The minimum atomic E-state index is -0.413. The Balaban J connectivity index is 1.76. The Kier molecular flexibility index (Phi) is 6.41. The Morgan fingerprint density at radius 3 is 2.28 bits per heavy atom. The maximum Gasteiger partial charge on any atom is 0.0703 e. The van der Waals surface area contributed by atoms with E-state index in [1.807, 2.05) is 0 Å². The van der Waals surface area contributed by atoms with E-state index >= 15 is 0 Å². The average molecular weight is 439 g/mol. The van der Waals surface area contributed by atoms with Crippen LogP contribution >= 0.6 is 0 Å². The molecule has 8 unspecified atom stereocenters. The number of hydrogen-bond acceptors (Lipinski definition) is 1. The second-order valence-electron chi connectivity index (χ2n) is 13.0. The van der Waals surface area contributed by atoms with Crippen molar-refractivity contribution in [3.63, 3.8) is 0 Å². The molecule has 0 aromatic heterocycles. The highest BCUT2D eigenvalue weighted by Gasteiger charge is 2.69. The summed E-state index contributed by atoms with van der Waals surface area (Å²) in [5.74, 6) is 2.74. The number of fused-ring (bicyclic) bond motifs is 5. The third-order valence-corrected chi connectivity index (χ3v) is 11.6. The molecule has 0 saturated heterocycles. The van der Waals surface area contributed by atoms with Crippen LogP contribution < -0.4 is 0 Å². The summed E-state index contributed by atoms with van der Waals surface area (Å²) in [6.07, 6.45) is 20.5. The zero-order valence-corrected chi connectivity index (χ0v) is 22.0. The quantitative estimate of drug-likeness (QED) is 0.336. The molecule has 8 atom stereocenters. The first-order valence-corrected chi connectivity index (χ1v) is 13.8. The smallest absolute Gasteiger partial charge is 0.0703 e. The van der Waals surface area contributed by atoms with Crippen LogP contribution in [-0.4, -0.2) is 10.7 Å². The zero-order chi connectivity index (χ0) is 23.4. The van der Waals surface area contributed by atoms with Gasteiger partial charge in [-0.05, 0) is 117 Å². The van der Waals surface area contributed by atoms with Crippen molar-refractivity contribution in [2.45, 2.75) is 118 Å². The van der Waals surface area contributed by atoms with Gasteiger partial charge < -0.3 is 5.11 Å². The van der Waals surface area contributed by atoms with Crippen molar-refractivity contribution in [3.05, 3.63) is 36.0 Å². The maximum atomic E-state index is 11.8. The lowest BCUT2D eigenvalue weighted by atomic mass is 9.39. The molecule has 0 heterocycles. The molecule has 0 aliphatic heterocycles. The highest BCUT2D eigenvalue weighted by Crippen LogP contribution is 2.75. The first-order chi connectivity index (χ1) is 15.1. The molecule has 0 radical (unpaired) electrons. The second kappa shape index (κ2) is 8.44. The molecule has 4 saturated carbocycles. The fourth-order valence-electron chi connectivity index (χ4n) is 9.84. The Labute approximate surface area is 198 Å².